The van der Waals surface area contributed by atoms with Crippen molar-refractivity contribution in [1.29, 1.82) is 0 Å². The van der Waals surface area contributed by atoms with E-state index >= 15 is 0 Å². The first kappa shape index (κ1) is 13.6. The second-order valence-corrected chi connectivity index (χ2v) is 4.21. The lowest BCUT2D eigenvalue weighted by molar-refractivity contribution is 0.0503. The first-order valence-corrected chi connectivity index (χ1v) is 5.70. The second kappa shape index (κ2) is 5.77. The molecule has 0 amide bonds. The molecule has 1 unspecified atom stereocenters. The minimum absolute atomic E-state index is 0.276. The van der Waals surface area contributed by atoms with E-state index in [9.17, 15) is 4.79 Å². The van der Waals surface area contributed by atoms with Crippen LogP contribution in [0.5, 0.6) is 0 Å². The van der Waals surface area contributed by atoms with Crippen molar-refractivity contribution in [3.8, 4) is 0 Å². The van der Waals surface area contributed by atoms with Crippen LogP contribution in [0.1, 0.15) is 30.3 Å². The molecule has 0 spiro atoms. The molecule has 1 atom stereocenters. The Hall–Kier alpha value is -1.43. The highest BCUT2D eigenvalue weighted by atomic mass is 16.5. The van der Waals surface area contributed by atoms with Crippen molar-refractivity contribution in [2.24, 2.45) is 0 Å². The summed E-state index contributed by atoms with van der Waals surface area (Å²) < 4.78 is 6.74. The van der Waals surface area contributed by atoms with Gasteiger partial charge in [0.05, 0.1) is 6.61 Å². The lowest BCUT2D eigenvalue weighted by Gasteiger charge is -2.21. The number of hydrogen-bond donors (Lipinski definition) is 0. The molecule has 17 heavy (non-hydrogen) atoms. The van der Waals surface area contributed by atoms with E-state index in [4.69, 9.17) is 4.74 Å². The van der Waals surface area contributed by atoms with Crippen LogP contribution in [0.15, 0.2) is 0 Å². The molecular weight excluding hydrogens is 220 g/mol. The average molecular weight is 240 g/mol. The number of nitrogens with zero attached hydrogens (tertiary/aromatic N) is 4. The lowest BCUT2D eigenvalue weighted by atomic mass is 10.3. The number of hydrogen-bond acceptors (Lipinski definition) is 5. The fourth-order valence-electron chi connectivity index (χ4n) is 1.37. The standard InChI is InChI=1S/C11H20N4O2/c1-6-17-11(16)10-13-12-9(3)15(10)7-8(2)14(4)5/h8H,6-7H2,1-5H3. The Labute approximate surface area is 102 Å². The number of rotatable bonds is 5. The van der Waals surface area contributed by atoms with Crippen LogP contribution in [0.2, 0.25) is 0 Å². The molecule has 6 nitrogen and oxygen atoms in total. The van der Waals surface area contributed by atoms with Gasteiger partial charge < -0.3 is 14.2 Å². The summed E-state index contributed by atoms with van der Waals surface area (Å²) in [5.74, 6) is 0.582. The van der Waals surface area contributed by atoms with Gasteiger partial charge in [-0.25, -0.2) is 4.79 Å². The van der Waals surface area contributed by atoms with Crippen molar-refractivity contribution < 1.29 is 9.53 Å². The number of aryl methyl sites for hydroxylation is 1. The maximum Gasteiger partial charge on any atom is 0.376 e. The van der Waals surface area contributed by atoms with E-state index in [1.54, 1.807) is 11.5 Å². The van der Waals surface area contributed by atoms with E-state index < -0.39 is 5.97 Å². The van der Waals surface area contributed by atoms with Crippen LogP contribution in [0, 0.1) is 6.92 Å². The van der Waals surface area contributed by atoms with Crippen LogP contribution < -0.4 is 0 Å². The second-order valence-electron chi connectivity index (χ2n) is 4.21. The molecule has 0 aromatic carbocycles. The largest absolute Gasteiger partial charge is 0.460 e. The van der Waals surface area contributed by atoms with Crippen LogP contribution in [-0.4, -0.2) is 52.4 Å². The van der Waals surface area contributed by atoms with Gasteiger partial charge >= 0.3 is 5.97 Å². The van der Waals surface area contributed by atoms with Gasteiger partial charge in [-0.2, -0.15) is 0 Å². The van der Waals surface area contributed by atoms with Gasteiger partial charge in [0, 0.05) is 12.6 Å². The van der Waals surface area contributed by atoms with Crippen molar-refractivity contribution in [3.63, 3.8) is 0 Å². The van der Waals surface area contributed by atoms with E-state index in [0.29, 0.717) is 13.2 Å². The molecule has 6 heteroatoms. The highest BCUT2D eigenvalue weighted by molar-refractivity contribution is 5.85. The van der Waals surface area contributed by atoms with Gasteiger partial charge in [-0.3, -0.25) is 0 Å². The number of aromatic nitrogens is 3. The number of carbonyl (C=O) groups excluding carboxylic acids is 1. The molecule has 96 valence electrons. The molecule has 1 aromatic heterocycles. The summed E-state index contributed by atoms with van der Waals surface area (Å²) in [4.78, 5) is 13.7. The van der Waals surface area contributed by atoms with E-state index in [1.165, 1.54) is 0 Å². The molecule has 0 bridgehead atoms. The van der Waals surface area contributed by atoms with Gasteiger partial charge in [-0.05, 0) is 34.9 Å². The molecule has 1 aromatic rings. The third kappa shape index (κ3) is 3.26. The van der Waals surface area contributed by atoms with Gasteiger partial charge in [0.1, 0.15) is 5.82 Å². The van der Waals surface area contributed by atoms with E-state index in [0.717, 1.165) is 5.82 Å². The van der Waals surface area contributed by atoms with Crippen molar-refractivity contribution in [2.75, 3.05) is 20.7 Å². The lowest BCUT2D eigenvalue weighted by Crippen LogP contribution is -2.31. The number of carbonyl (C=O) groups is 1. The highest BCUT2D eigenvalue weighted by Crippen LogP contribution is 2.06. The topological polar surface area (TPSA) is 60.2 Å². The zero-order chi connectivity index (χ0) is 13.0. The minimum Gasteiger partial charge on any atom is -0.460 e. The highest BCUT2D eigenvalue weighted by Gasteiger charge is 2.19. The molecule has 0 aliphatic rings. The molecule has 0 N–H and O–H groups in total. The smallest absolute Gasteiger partial charge is 0.376 e. The molecule has 0 saturated heterocycles. The maximum atomic E-state index is 11.7. The predicted octanol–water partition coefficient (Wildman–Crippen LogP) is 0.713. The molecule has 0 saturated carbocycles. The predicted molar refractivity (Wildman–Crippen MR) is 63.9 cm³/mol. The number of likely N-dealkylation sites (N-methyl/N-ethyl adjacent to an activating group) is 1. The van der Waals surface area contributed by atoms with Crippen LogP contribution in [0.3, 0.4) is 0 Å². The number of ether oxygens (including phenoxy) is 1. The van der Waals surface area contributed by atoms with E-state index in [2.05, 4.69) is 22.0 Å². The fourth-order valence-corrected chi connectivity index (χ4v) is 1.37. The molecule has 1 rings (SSSR count). The summed E-state index contributed by atoms with van der Waals surface area (Å²) in [7, 11) is 3.99. The summed E-state index contributed by atoms with van der Waals surface area (Å²) in [6.45, 7) is 6.69. The quantitative estimate of drug-likeness (QED) is 0.709. The van der Waals surface area contributed by atoms with Gasteiger partial charge in [0.25, 0.3) is 0 Å². The Morgan fingerprint density at radius 3 is 2.65 bits per heavy atom. The summed E-state index contributed by atoms with van der Waals surface area (Å²) in [5, 5.41) is 7.79. The zero-order valence-corrected chi connectivity index (χ0v) is 11.1. The van der Waals surface area contributed by atoms with Crippen molar-refractivity contribution in [2.45, 2.75) is 33.4 Å². The summed E-state index contributed by atoms with van der Waals surface area (Å²) in [6, 6.07) is 0.290. The monoisotopic (exact) mass is 240 g/mol. The fraction of sp³-hybridized carbons (Fsp3) is 0.727. The van der Waals surface area contributed by atoms with Crippen LogP contribution >= 0.6 is 0 Å². The first-order valence-electron chi connectivity index (χ1n) is 5.70. The van der Waals surface area contributed by atoms with Crippen molar-refractivity contribution >= 4 is 5.97 Å². The third-order valence-corrected chi connectivity index (χ3v) is 2.72. The summed E-state index contributed by atoms with van der Waals surface area (Å²) >= 11 is 0. The number of esters is 1. The van der Waals surface area contributed by atoms with Crippen LogP contribution in [0.25, 0.3) is 0 Å². The SMILES string of the molecule is CCOC(=O)c1nnc(C)n1CC(C)N(C)C. The van der Waals surface area contributed by atoms with Crippen LogP contribution in [-0.2, 0) is 11.3 Å². The minimum atomic E-state index is -0.418. The zero-order valence-electron chi connectivity index (χ0n) is 11.1. The summed E-state index contributed by atoms with van der Waals surface area (Å²) in [6.07, 6.45) is 0. The van der Waals surface area contributed by atoms with Gasteiger partial charge in [-0.1, -0.05) is 0 Å². The van der Waals surface area contributed by atoms with E-state index in [1.807, 2.05) is 21.0 Å². The molecule has 0 radical (unpaired) electrons. The maximum absolute atomic E-state index is 11.7. The third-order valence-electron chi connectivity index (χ3n) is 2.72. The Kier molecular flexibility index (Phi) is 4.62. The summed E-state index contributed by atoms with van der Waals surface area (Å²) in [5.41, 5.74) is 0. The Morgan fingerprint density at radius 2 is 2.12 bits per heavy atom. The van der Waals surface area contributed by atoms with Crippen LogP contribution in [0.4, 0.5) is 0 Å². The Bertz CT molecular complexity index is 387. The first-order chi connectivity index (χ1) is 7.97. The van der Waals surface area contributed by atoms with E-state index in [-0.39, 0.29) is 11.9 Å². The van der Waals surface area contributed by atoms with Gasteiger partial charge in [0.2, 0.25) is 5.82 Å². The Balaban J connectivity index is 2.90. The molecule has 0 aliphatic carbocycles. The molecule has 0 fully saturated rings. The van der Waals surface area contributed by atoms with Crippen molar-refractivity contribution in [3.05, 3.63) is 11.6 Å². The Morgan fingerprint density at radius 1 is 1.47 bits per heavy atom. The van der Waals surface area contributed by atoms with Gasteiger partial charge in [-0.15, -0.1) is 10.2 Å². The molecule has 1 heterocycles. The van der Waals surface area contributed by atoms with Crippen molar-refractivity contribution in [1.82, 2.24) is 19.7 Å². The average Bonchev–Trinajstić information content (AvgIpc) is 2.61. The normalized spacial score (nSPS) is 12.8. The molecular formula is C11H20N4O2. The molecule has 0 aliphatic heterocycles. The van der Waals surface area contributed by atoms with Gasteiger partial charge in [0.15, 0.2) is 0 Å².